The van der Waals surface area contributed by atoms with Gasteiger partial charge in [-0.05, 0) is 32.9 Å². The van der Waals surface area contributed by atoms with Crippen LogP contribution < -0.4 is 66.9 Å². The minimum atomic E-state index is -5.52. The van der Waals surface area contributed by atoms with Gasteiger partial charge in [0.15, 0.2) is 0 Å². The van der Waals surface area contributed by atoms with Crippen LogP contribution in [-0.4, -0.2) is 25.8 Å². The van der Waals surface area contributed by atoms with E-state index in [1.165, 1.54) is 0 Å². The summed E-state index contributed by atoms with van der Waals surface area (Å²) in [5.41, 5.74) is -2.46. The molecule has 1 aromatic rings. The van der Waals surface area contributed by atoms with Crippen LogP contribution in [0.15, 0.2) is 12.1 Å². The van der Waals surface area contributed by atoms with Gasteiger partial charge in [-0.25, -0.2) is 9.18 Å². The number of ether oxygens (including phenoxy) is 2. The molecule has 0 spiro atoms. The maximum absolute atomic E-state index is 13.5. The molecule has 0 aliphatic carbocycles. The standard InChI is InChI=1S/C12H15BF4NO3.K/c1-12(2,3)21-11(19)18-9-6-8(14)7(13(15,16)17)5-10(9)20-4;/h5-6H,1-4H3,(H,18,19);/q-1;+1. The van der Waals surface area contributed by atoms with E-state index in [2.05, 4.69) is 5.32 Å². The van der Waals surface area contributed by atoms with Crippen molar-refractivity contribution in [3.63, 3.8) is 0 Å². The summed E-state index contributed by atoms with van der Waals surface area (Å²) in [5.74, 6) is -1.80. The molecule has 0 atom stereocenters. The van der Waals surface area contributed by atoms with Crippen molar-refractivity contribution in [1.82, 2.24) is 0 Å². The first-order valence-electron chi connectivity index (χ1n) is 6.01. The number of methoxy groups -OCH3 is 1. The summed E-state index contributed by atoms with van der Waals surface area (Å²) < 4.78 is 61.1. The summed E-state index contributed by atoms with van der Waals surface area (Å²) in [5, 5.41) is 2.15. The van der Waals surface area contributed by atoms with Crippen molar-refractivity contribution in [1.29, 1.82) is 0 Å². The van der Waals surface area contributed by atoms with Crippen LogP contribution in [0, 0.1) is 5.82 Å². The molecule has 10 heteroatoms. The molecule has 0 heterocycles. The van der Waals surface area contributed by atoms with Crippen LogP contribution in [0.1, 0.15) is 20.8 Å². The van der Waals surface area contributed by atoms with Gasteiger partial charge in [-0.1, -0.05) is 5.46 Å². The van der Waals surface area contributed by atoms with Crippen molar-refractivity contribution in [2.45, 2.75) is 26.4 Å². The van der Waals surface area contributed by atoms with E-state index >= 15 is 0 Å². The zero-order valence-electron chi connectivity index (χ0n) is 13.0. The minimum Gasteiger partial charge on any atom is -0.495 e. The smallest absolute Gasteiger partial charge is 0.495 e. The minimum absolute atomic E-state index is 0. The quantitative estimate of drug-likeness (QED) is 0.630. The molecule has 0 radical (unpaired) electrons. The summed E-state index contributed by atoms with van der Waals surface area (Å²) in [4.78, 5) is 11.6. The first-order chi connectivity index (χ1) is 9.44. The van der Waals surface area contributed by atoms with Gasteiger partial charge in [-0.2, -0.15) is 0 Å². The fourth-order valence-corrected chi connectivity index (χ4v) is 1.50. The van der Waals surface area contributed by atoms with Gasteiger partial charge in [0.05, 0.1) is 18.6 Å². The number of benzene rings is 1. The molecule has 0 aliphatic heterocycles. The third-order valence-electron chi connectivity index (χ3n) is 2.31. The van der Waals surface area contributed by atoms with Crippen molar-refractivity contribution in [3.8, 4) is 5.75 Å². The molecule has 0 aliphatic rings. The van der Waals surface area contributed by atoms with Crippen LogP contribution in [0.3, 0.4) is 0 Å². The SMILES string of the molecule is COc1cc([B-](F)(F)F)c(F)cc1NC(=O)OC(C)(C)C.[K+]. The van der Waals surface area contributed by atoms with Crippen LogP contribution in [0.2, 0.25) is 0 Å². The summed E-state index contributed by atoms with van der Waals surface area (Å²) in [6.45, 7) is -0.687. The third-order valence-corrected chi connectivity index (χ3v) is 2.31. The van der Waals surface area contributed by atoms with E-state index < -0.39 is 30.0 Å². The molecule has 1 aromatic carbocycles. The zero-order chi connectivity index (χ0) is 16.4. The van der Waals surface area contributed by atoms with Gasteiger partial charge in [0, 0.05) is 0 Å². The van der Waals surface area contributed by atoms with Crippen molar-refractivity contribution < 1.29 is 83.0 Å². The normalized spacial score (nSPS) is 11.5. The molecule has 0 aromatic heterocycles. The monoisotopic (exact) mass is 347 g/mol. The maximum Gasteiger partial charge on any atom is 1.00 e. The third kappa shape index (κ3) is 6.45. The van der Waals surface area contributed by atoms with Crippen LogP contribution in [0.4, 0.5) is 27.8 Å². The van der Waals surface area contributed by atoms with E-state index in [1.807, 2.05) is 0 Å². The fourth-order valence-electron chi connectivity index (χ4n) is 1.50. The number of carbonyl (C=O) groups is 1. The fraction of sp³-hybridized carbons (Fsp3) is 0.417. The van der Waals surface area contributed by atoms with Crippen molar-refractivity contribution >= 4 is 24.2 Å². The second-order valence-electron chi connectivity index (χ2n) is 5.28. The maximum atomic E-state index is 13.5. The van der Waals surface area contributed by atoms with Gasteiger partial charge in [0.2, 0.25) is 0 Å². The van der Waals surface area contributed by atoms with E-state index in [1.54, 1.807) is 20.8 Å². The van der Waals surface area contributed by atoms with Gasteiger partial charge >= 0.3 is 64.5 Å². The molecule has 0 saturated carbocycles. The summed E-state index contributed by atoms with van der Waals surface area (Å²) in [6, 6.07) is 1.05. The van der Waals surface area contributed by atoms with E-state index in [-0.39, 0.29) is 62.8 Å². The van der Waals surface area contributed by atoms with E-state index in [4.69, 9.17) is 9.47 Å². The van der Waals surface area contributed by atoms with Gasteiger partial charge in [0.25, 0.3) is 0 Å². The Bertz CT molecular complexity index is 546. The van der Waals surface area contributed by atoms with Crippen LogP contribution in [0.25, 0.3) is 0 Å². The second kappa shape index (κ2) is 8.00. The van der Waals surface area contributed by atoms with E-state index in [0.717, 1.165) is 7.11 Å². The molecule has 4 nitrogen and oxygen atoms in total. The number of anilines is 1. The Morgan fingerprint density at radius 1 is 1.23 bits per heavy atom. The molecule has 1 rings (SSSR count). The predicted octanol–water partition coefficient (Wildman–Crippen LogP) is 0.240. The number of rotatable bonds is 3. The van der Waals surface area contributed by atoms with Gasteiger partial charge < -0.3 is 22.4 Å². The largest absolute Gasteiger partial charge is 1.00 e. The molecule has 0 fully saturated rings. The number of halogens is 4. The first-order valence-corrected chi connectivity index (χ1v) is 6.01. The average molecular weight is 347 g/mol. The van der Waals surface area contributed by atoms with E-state index in [0.29, 0.717) is 12.1 Å². The van der Waals surface area contributed by atoms with Crippen LogP contribution >= 0.6 is 0 Å². The van der Waals surface area contributed by atoms with E-state index in [9.17, 15) is 22.1 Å². The zero-order valence-corrected chi connectivity index (χ0v) is 16.1. The Hall–Kier alpha value is -0.289. The molecular weight excluding hydrogens is 332 g/mol. The number of hydrogen-bond acceptors (Lipinski definition) is 3. The molecule has 0 bridgehead atoms. The van der Waals surface area contributed by atoms with Crippen LogP contribution in [-0.2, 0) is 4.74 Å². The first kappa shape index (κ1) is 21.7. The van der Waals surface area contributed by atoms with Gasteiger partial charge in [-0.15, -0.1) is 0 Å². The molecule has 0 saturated heterocycles. The number of nitrogens with one attached hydrogen (secondary N) is 1. The Morgan fingerprint density at radius 3 is 2.18 bits per heavy atom. The molecule has 118 valence electrons. The molecule has 1 amide bonds. The Balaban J connectivity index is 0.00000441. The molecule has 1 N–H and O–H groups in total. The number of carbonyl (C=O) groups excluding carboxylic acids is 1. The summed E-state index contributed by atoms with van der Waals surface area (Å²) in [6.07, 6.45) is -0.925. The predicted molar refractivity (Wildman–Crippen MR) is 71.5 cm³/mol. The summed E-state index contributed by atoms with van der Waals surface area (Å²) >= 11 is 0. The number of hydrogen-bond donors (Lipinski definition) is 1. The molecular formula is C12H15BF4KNO3. The van der Waals surface area contributed by atoms with Gasteiger partial charge in [0.1, 0.15) is 11.4 Å². The molecule has 22 heavy (non-hydrogen) atoms. The second-order valence-corrected chi connectivity index (χ2v) is 5.28. The molecule has 0 unspecified atom stereocenters. The van der Waals surface area contributed by atoms with Crippen molar-refractivity contribution in [3.05, 3.63) is 17.9 Å². The van der Waals surface area contributed by atoms with Crippen molar-refractivity contribution in [2.75, 3.05) is 12.4 Å². The Kier molecular flexibility index (Phi) is 7.90. The Morgan fingerprint density at radius 2 is 1.77 bits per heavy atom. The topological polar surface area (TPSA) is 47.6 Å². The van der Waals surface area contributed by atoms with Gasteiger partial charge in [-0.3, -0.25) is 5.32 Å². The average Bonchev–Trinajstić information content (AvgIpc) is 2.24. The van der Waals surface area contributed by atoms with Crippen LogP contribution in [0.5, 0.6) is 5.75 Å². The Labute approximate surface area is 168 Å². The summed E-state index contributed by atoms with van der Waals surface area (Å²) in [7, 11) is 1.11. The van der Waals surface area contributed by atoms with Crippen molar-refractivity contribution in [2.24, 2.45) is 0 Å². The number of amides is 1.